The van der Waals surface area contributed by atoms with Gasteiger partial charge >= 0.3 is 12.1 Å². The molecular weight excluding hydrogens is 235 g/mol. The van der Waals surface area contributed by atoms with Crippen LogP contribution < -0.4 is 0 Å². The molecule has 1 aromatic rings. The van der Waals surface area contributed by atoms with E-state index < -0.39 is 17.7 Å². The Labute approximate surface area is 95.4 Å². The third-order valence-corrected chi connectivity index (χ3v) is 2.03. The molecule has 6 heteroatoms. The van der Waals surface area contributed by atoms with Crippen LogP contribution >= 0.6 is 0 Å². The van der Waals surface area contributed by atoms with Crippen molar-refractivity contribution in [3.05, 3.63) is 34.9 Å². The Morgan fingerprint density at radius 1 is 1.41 bits per heavy atom. The fraction of sp³-hybridized carbons (Fsp3) is 0.273. The maximum atomic E-state index is 12.5. The molecule has 0 atom stereocenters. The van der Waals surface area contributed by atoms with Crippen molar-refractivity contribution in [2.45, 2.75) is 12.6 Å². The molecule has 0 fully saturated rings. The highest BCUT2D eigenvalue weighted by molar-refractivity contribution is 5.72. The lowest BCUT2D eigenvalue weighted by atomic mass is 10.0. The van der Waals surface area contributed by atoms with Gasteiger partial charge in [-0.15, -0.1) is 0 Å². The van der Waals surface area contributed by atoms with Gasteiger partial charge in [0.2, 0.25) is 0 Å². The number of rotatable bonds is 2. The SMILES string of the molecule is COC(=O)Cc1cc(C#N)cc(C(F)(F)F)c1. The van der Waals surface area contributed by atoms with E-state index in [4.69, 9.17) is 5.26 Å². The summed E-state index contributed by atoms with van der Waals surface area (Å²) in [4.78, 5) is 11.0. The number of esters is 1. The van der Waals surface area contributed by atoms with E-state index in [9.17, 15) is 18.0 Å². The Hall–Kier alpha value is -2.03. The fourth-order valence-electron chi connectivity index (χ4n) is 1.26. The van der Waals surface area contributed by atoms with Gasteiger partial charge in [0.1, 0.15) is 0 Å². The lowest BCUT2D eigenvalue weighted by Gasteiger charge is -2.09. The van der Waals surface area contributed by atoms with Crippen molar-refractivity contribution >= 4 is 5.97 Å². The summed E-state index contributed by atoms with van der Waals surface area (Å²) in [5.74, 6) is -0.659. The molecule has 0 saturated heterocycles. The van der Waals surface area contributed by atoms with Gasteiger partial charge in [0.15, 0.2) is 0 Å². The maximum absolute atomic E-state index is 12.5. The van der Waals surface area contributed by atoms with Gasteiger partial charge in [-0.3, -0.25) is 4.79 Å². The second-order valence-electron chi connectivity index (χ2n) is 3.28. The molecule has 0 saturated carbocycles. The Balaban J connectivity index is 3.16. The zero-order valence-corrected chi connectivity index (χ0v) is 8.84. The first kappa shape index (κ1) is 13.0. The topological polar surface area (TPSA) is 50.1 Å². The van der Waals surface area contributed by atoms with Crippen LogP contribution in [0.5, 0.6) is 0 Å². The van der Waals surface area contributed by atoms with Gasteiger partial charge in [-0.2, -0.15) is 18.4 Å². The monoisotopic (exact) mass is 243 g/mol. The van der Waals surface area contributed by atoms with E-state index in [1.807, 2.05) is 0 Å². The minimum Gasteiger partial charge on any atom is -0.469 e. The van der Waals surface area contributed by atoms with Gasteiger partial charge in [-0.25, -0.2) is 0 Å². The highest BCUT2D eigenvalue weighted by Gasteiger charge is 2.31. The molecule has 0 aliphatic carbocycles. The second kappa shape index (κ2) is 4.87. The second-order valence-corrected chi connectivity index (χ2v) is 3.28. The van der Waals surface area contributed by atoms with Crippen LogP contribution in [0.3, 0.4) is 0 Å². The molecule has 0 aliphatic rings. The Bertz CT molecular complexity index is 475. The number of methoxy groups -OCH3 is 1. The van der Waals surface area contributed by atoms with Crippen LogP contribution in [0.1, 0.15) is 16.7 Å². The molecule has 17 heavy (non-hydrogen) atoms. The maximum Gasteiger partial charge on any atom is 0.416 e. The van der Waals surface area contributed by atoms with E-state index >= 15 is 0 Å². The van der Waals surface area contributed by atoms with Crippen LogP contribution in [-0.4, -0.2) is 13.1 Å². The number of benzene rings is 1. The summed E-state index contributed by atoms with van der Waals surface area (Å²) >= 11 is 0. The summed E-state index contributed by atoms with van der Waals surface area (Å²) in [6.07, 6.45) is -4.84. The van der Waals surface area contributed by atoms with Crippen LogP contribution in [0.15, 0.2) is 18.2 Å². The first-order chi connectivity index (χ1) is 7.86. The molecule has 0 unspecified atom stereocenters. The average Bonchev–Trinajstić information content (AvgIpc) is 2.27. The summed E-state index contributed by atoms with van der Waals surface area (Å²) in [6, 6.07) is 4.42. The Morgan fingerprint density at radius 2 is 2.06 bits per heavy atom. The summed E-state index contributed by atoms with van der Waals surface area (Å²) in [7, 11) is 1.14. The lowest BCUT2D eigenvalue weighted by molar-refractivity contribution is -0.140. The molecule has 0 spiro atoms. The van der Waals surface area contributed by atoms with Crippen LogP contribution in [0.2, 0.25) is 0 Å². The van der Waals surface area contributed by atoms with E-state index in [2.05, 4.69) is 4.74 Å². The van der Waals surface area contributed by atoms with E-state index in [0.29, 0.717) is 0 Å². The molecule has 0 heterocycles. The van der Waals surface area contributed by atoms with E-state index in [0.717, 1.165) is 19.2 Å². The summed E-state index contributed by atoms with van der Waals surface area (Å²) < 4.78 is 41.8. The van der Waals surface area contributed by atoms with Crippen molar-refractivity contribution in [1.82, 2.24) is 0 Å². The van der Waals surface area contributed by atoms with Crippen molar-refractivity contribution in [1.29, 1.82) is 5.26 Å². The van der Waals surface area contributed by atoms with Crippen LogP contribution in [-0.2, 0) is 22.1 Å². The van der Waals surface area contributed by atoms with Crippen molar-refractivity contribution in [2.24, 2.45) is 0 Å². The highest BCUT2D eigenvalue weighted by Crippen LogP contribution is 2.30. The zero-order chi connectivity index (χ0) is 13.1. The molecule has 0 aromatic heterocycles. The summed E-state index contributed by atoms with van der Waals surface area (Å²) in [5, 5.41) is 8.61. The molecule has 0 aliphatic heterocycles. The van der Waals surface area contributed by atoms with Crippen molar-refractivity contribution in [2.75, 3.05) is 7.11 Å². The number of halogens is 3. The minimum atomic E-state index is -4.54. The number of alkyl halides is 3. The van der Waals surface area contributed by atoms with Gasteiger partial charge in [-0.05, 0) is 23.8 Å². The van der Waals surface area contributed by atoms with Gasteiger partial charge in [0.05, 0.1) is 30.7 Å². The molecule has 0 bridgehead atoms. The van der Waals surface area contributed by atoms with Crippen LogP contribution in [0.25, 0.3) is 0 Å². The molecule has 0 N–H and O–H groups in total. The quantitative estimate of drug-likeness (QED) is 0.749. The van der Waals surface area contributed by atoms with Crippen molar-refractivity contribution in [3.63, 3.8) is 0 Å². The average molecular weight is 243 g/mol. The van der Waals surface area contributed by atoms with Gasteiger partial charge < -0.3 is 4.74 Å². The third kappa shape index (κ3) is 3.48. The number of ether oxygens (including phenoxy) is 1. The normalized spacial score (nSPS) is 10.8. The van der Waals surface area contributed by atoms with Crippen molar-refractivity contribution < 1.29 is 22.7 Å². The van der Waals surface area contributed by atoms with E-state index in [-0.39, 0.29) is 17.5 Å². The molecule has 0 amide bonds. The van der Waals surface area contributed by atoms with E-state index in [1.54, 1.807) is 6.07 Å². The fourth-order valence-corrected chi connectivity index (χ4v) is 1.26. The standard InChI is InChI=1S/C11H8F3NO2/c1-17-10(16)5-7-2-8(6-15)4-9(3-7)11(12,13)14/h2-4H,5H2,1H3. The third-order valence-electron chi connectivity index (χ3n) is 2.03. The van der Waals surface area contributed by atoms with E-state index in [1.165, 1.54) is 6.07 Å². The molecule has 3 nitrogen and oxygen atoms in total. The Kier molecular flexibility index (Phi) is 3.73. The summed E-state index contributed by atoms with van der Waals surface area (Å²) in [5.41, 5.74) is -0.989. The molecule has 1 aromatic carbocycles. The van der Waals surface area contributed by atoms with Crippen LogP contribution in [0, 0.1) is 11.3 Å². The van der Waals surface area contributed by atoms with Gasteiger partial charge in [0.25, 0.3) is 0 Å². The largest absolute Gasteiger partial charge is 0.469 e. The molecule has 0 radical (unpaired) electrons. The number of hydrogen-bond donors (Lipinski definition) is 0. The minimum absolute atomic E-state index is 0.100. The number of carbonyl (C=O) groups is 1. The predicted octanol–water partition coefficient (Wildman–Crippen LogP) is 2.29. The molecule has 1 rings (SSSR count). The number of hydrogen-bond acceptors (Lipinski definition) is 3. The predicted molar refractivity (Wildman–Crippen MR) is 51.9 cm³/mol. The lowest BCUT2D eigenvalue weighted by Crippen LogP contribution is -2.09. The first-order valence-electron chi connectivity index (χ1n) is 4.55. The molecule has 90 valence electrons. The zero-order valence-electron chi connectivity index (χ0n) is 8.84. The number of carbonyl (C=O) groups excluding carboxylic acids is 1. The smallest absolute Gasteiger partial charge is 0.416 e. The first-order valence-corrected chi connectivity index (χ1v) is 4.55. The van der Waals surface area contributed by atoms with Crippen LogP contribution in [0.4, 0.5) is 13.2 Å². The van der Waals surface area contributed by atoms with Gasteiger partial charge in [0, 0.05) is 0 Å². The van der Waals surface area contributed by atoms with Gasteiger partial charge in [-0.1, -0.05) is 0 Å². The number of nitrogens with zero attached hydrogens (tertiary/aromatic N) is 1. The highest BCUT2D eigenvalue weighted by atomic mass is 19.4. The van der Waals surface area contributed by atoms with Crippen molar-refractivity contribution in [3.8, 4) is 6.07 Å². The number of nitriles is 1. The molecular formula is C11H8F3NO2. The summed E-state index contributed by atoms with van der Waals surface area (Å²) in [6.45, 7) is 0. The Morgan fingerprint density at radius 3 is 2.53 bits per heavy atom.